The van der Waals surface area contributed by atoms with Crippen molar-refractivity contribution in [3.63, 3.8) is 0 Å². The number of phenolic OH excluding ortho intramolecular Hbond substituents is 1. The molecule has 2 aromatic carbocycles. The highest BCUT2D eigenvalue weighted by molar-refractivity contribution is 7.92. The summed E-state index contributed by atoms with van der Waals surface area (Å²) in [6.45, 7) is 0. The summed E-state index contributed by atoms with van der Waals surface area (Å²) in [6.07, 6.45) is 1.11. The fraction of sp³-hybridized carbons (Fsp3) is 0.250. The van der Waals surface area contributed by atoms with Gasteiger partial charge in [-0.15, -0.1) is 0 Å². The van der Waals surface area contributed by atoms with Crippen LogP contribution in [-0.4, -0.2) is 19.0 Å². The molecular formula is C16H14F3NO3S. The van der Waals surface area contributed by atoms with Gasteiger partial charge in [-0.2, -0.15) is 13.2 Å². The molecule has 0 saturated carbocycles. The summed E-state index contributed by atoms with van der Waals surface area (Å²) in [5, 5.41) is 12.7. The number of halogens is 3. The van der Waals surface area contributed by atoms with E-state index in [-0.39, 0.29) is 17.5 Å². The van der Waals surface area contributed by atoms with Crippen LogP contribution in [0.1, 0.15) is 23.6 Å². The summed E-state index contributed by atoms with van der Waals surface area (Å²) in [4.78, 5) is -0.800. The third-order valence-corrected chi connectivity index (χ3v) is 5.60. The van der Waals surface area contributed by atoms with Gasteiger partial charge in [0.25, 0.3) is 9.84 Å². The Morgan fingerprint density at radius 2 is 1.79 bits per heavy atom. The first-order valence-electron chi connectivity index (χ1n) is 7.19. The van der Waals surface area contributed by atoms with Crippen LogP contribution in [0.4, 0.5) is 18.9 Å². The molecule has 0 spiro atoms. The van der Waals surface area contributed by atoms with Gasteiger partial charge in [0.15, 0.2) is 0 Å². The first-order chi connectivity index (χ1) is 11.2. The lowest BCUT2D eigenvalue weighted by Crippen LogP contribution is -2.24. The number of anilines is 1. The number of fused-ring (bicyclic) bond motifs is 1. The van der Waals surface area contributed by atoms with Crippen molar-refractivity contribution in [2.75, 3.05) is 5.32 Å². The van der Waals surface area contributed by atoms with Crippen molar-refractivity contribution in [3.8, 4) is 5.75 Å². The van der Waals surface area contributed by atoms with E-state index in [1.807, 2.05) is 0 Å². The van der Waals surface area contributed by atoms with Crippen LogP contribution in [0.2, 0.25) is 0 Å². The molecule has 1 atom stereocenters. The van der Waals surface area contributed by atoms with E-state index >= 15 is 0 Å². The summed E-state index contributed by atoms with van der Waals surface area (Å²) < 4.78 is 62.1. The first kappa shape index (κ1) is 16.6. The number of hydrogen-bond acceptors (Lipinski definition) is 4. The Bertz CT molecular complexity index is 878. The highest BCUT2D eigenvalue weighted by Crippen LogP contribution is 2.40. The Labute approximate surface area is 136 Å². The van der Waals surface area contributed by atoms with E-state index in [0.717, 1.165) is 17.2 Å². The smallest absolute Gasteiger partial charge is 0.501 e. The molecule has 8 heteroatoms. The molecule has 0 aromatic heterocycles. The molecule has 0 fully saturated rings. The van der Waals surface area contributed by atoms with E-state index in [1.165, 1.54) is 18.2 Å². The maximum absolute atomic E-state index is 12.9. The summed E-state index contributed by atoms with van der Waals surface area (Å²) in [5.41, 5.74) is -3.98. The van der Waals surface area contributed by atoms with Crippen LogP contribution in [0.25, 0.3) is 0 Å². The average molecular weight is 357 g/mol. The van der Waals surface area contributed by atoms with Gasteiger partial charge in [-0.05, 0) is 42.2 Å². The molecule has 128 valence electrons. The number of rotatable bonds is 3. The van der Waals surface area contributed by atoms with E-state index in [0.29, 0.717) is 12.8 Å². The lowest BCUT2D eigenvalue weighted by molar-refractivity contribution is -0.0435. The number of hydrogen-bond donors (Lipinski definition) is 2. The molecule has 0 aliphatic heterocycles. The summed E-state index contributed by atoms with van der Waals surface area (Å²) >= 11 is 0. The fourth-order valence-electron chi connectivity index (χ4n) is 2.92. The van der Waals surface area contributed by atoms with Crippen LogP contribution < -0.4 is 5.32 Å². The Morgan fingerprint density at radius 3 is 2.50 bits per heavy atom. The zero-order valence-electron chi connectivity index (χ0n) is 12.3. The molecule has 4 nitrogen and oxygen atoms in total. The zero-order valence-corrected chi connectivity index (χ0v) is 13.2. The van der Waals surface area contributed by atoms with Crippen molar-refractivity contribution in [2.45, 2.75) is 29.3 Å². The minimum Gasteiger partial charge on any atom is -0.508 e. The molecule has 1 aliphatic carbocycles. The number of sulfone groups is 1. The fourth-order valence-corrected chi connectivity index (χ4v) is 3.84. The number of benzene rings is 2. The molecule has 3 rings (SSSR count). The number of phenols is 1. The second-order valence-electron chi connectivity index (χ2n) is 5.53. The van der Waals surface area contributed by atoms with Crippen LogP contribution in [0.15, 0.2) is 47.4 Å². The van der Waals surface area contributed by atoms with Crippen LogP contribution in [0.3, 0.4) is 0 Å². The van der Waals surface area contributed by atoms with E-state index in [4.69, 9.17) is 0 Å². The van der Waals surface area contributed by atoms with Gasteiger partial charge in [0.05, 0.1) is 16.6 Å². The second kappa shape index (κ2) is 5.70. The van der Waals surface area contributed by atoms with Crippen LogP contribution in [-0.2, 0) is 16.3 Å². The van der Waals surface area contributed by atoms with E-state index in [2.05, 4.69) is 5.32 Å². The average Bonchev–Trinajstić information content (AvgIpc) is 2.91. The third kappa shape index (κ3) is 2.71. The zero-order chi connectivity index (χ0) is 17.5. The molecule has 0 bridgehead atoms. The molecule has 2 N–H and O–H groups in total. The number of nitrogens with one attached hydrogen (secondary N) is 1. The van der Waals surface area contributed by atoms with Crippen LogP contribution >= 0.6 is 0 Å². The van der Waals surface area contributed by atoms with E-state index in [9.17, 15) is 26.7 Å². The number of para-hydroxylation sites is 1. The van der Waals surface area contributed by atoms with Gasteiger partial charge in [-0.1, -0.05) is 24.3 Å². The molecule has 1 aliphatic rings. The highest BCUT2D eigenvalue weighted by atomic mass is 32.2. The molecule has 0 radical (unpaired) electrons. The maximum atomic E-state index is 12.9. The summed E-state index contributed by atoms with van der Waals surface area (Å²) in [6, 6.07) is 9.55. The van der Waals surface area contributed by atoms with Crippen LogP contribution in [0.5, 0.6) is 5.75 Å². The predicted molar refractivity (Wildman–Crippen MR) is 82.5 cm³/mol. The predicted octanol–water partition coefficient (Wildman–Crippen LogP) is 3.79. The molecule has 0 amide bonds. The van der Waals surface area contributed by atoms with Gasteiger partial charge in [0.2, 0.25) is 0 Å². The minimum atomic E-state index is -5.45. The normalized spacial score (nSPS) is 17.5. The van der Waals surface area contributed by atoms with Crippen molar-refractivity contribution >= 4 is 15.5 Å². The van der Waals surface area contributed by atoms with Gasteiger partial charge in [0, 0.05) is 0 Å². The minimum absolute atomic E-state index is 0.101. The van der Waals surface area contributed by atoms with Gasteiger partial charge in [0.1, 0.15) is 5.75 Å². The largest absolute Gasteiger partial charge is 0.508 e. The highest BCUT2D eigenvalue weighted by Gasteiger charge is 2.48. The molecule has 24 heavy (non-hydrogen) atoms. The summed E-state index contributed by atoms with van der Waals surface area (Å²) in [7, 11) is -5.45. The SMILES string of the molecule is O=S(=O)(c1ccccc1N[C@@H]1CCc2c(O)cccc21)C(F)(F)F. The molecule has 0 saturated heterocycles. The molecular weight excluding hydrogens is 343 g/mol. The third-order valence-electron chi connectivity index (χ3n) is 4.06. The van der Waals surface area contributed by atoms with Crippen LogP contribution in [0, 0.1) is 0 Å². The van der Waals surface area contributed by atoms with Crippen molar-refractivity contribution in [1.29, 1.82) is 0 Å². The Balaban J connectivity index is 1.99. The Hall–Kier alpha value is -2.22. The van der Waals surface area contributed by atoms with E-state index < -0.39 is 20.2 Å². The first-order valence-corrected chi connectivity index (χ1v) is 8.68. The standard InChI is InChI=1S/C16H14F3NO3S/c17-16(18,19)24(22,23)15-7-2-1-5-13(15)20-12-9-8-11-10(12)4-3-6-14(11)21/h1-7,12,20-21H,8-9H2/t12-/m1/s1. The number of aromatic hydroxyl groups is 1. The van der Waals surface area contributed by atoms with Gasteiger partial charge in [-0.25, -0.2) is 8.42 Å². The monoisotopic (exact) mass is 357 g/mol. The van der Waals surface area contributed by atoms with Gasteiger partial charge < -0.3 is 10.4 Å². The Morgan fingerprint density at radius 1 is 1.08 bits per heavy atom. The van der Waals surface area contributed by atoms with Crippen molar-refractivity contribution in [2.24, 2.45) is 0 Å². The molecule has 0 heterocycles. The van der Waals surface area contributed by atoms with Crippen molar-refractivity contribution < 1.29 is 26.7 Å². The lowest BCUT2D eigenvalue weighted by atomic mass is 10.1. The quantitative estimate of drug-likeness (QED) is 0.877. The lowest BCUT2D eigenvalue weighted by Gasteiger charge is -2.19. The van der Waals surface area contributed by atoms with Crippen molar-refractivity contribution in [3.05, 3.63) is 53.6 Å². The van der Waals surface area contributed by atoms with E-state index in [1.54, 1.807) is 18.2 Å². The topological polar surface area (TPSA) is 66.4 Å². The van der Waals surface area contributed by atoms with Crippen molar-refractivity contribution in [1.82, 2.24) is 0 Å². The second-order valence-corrected chi connectivity index (χ2v) is 7.44. The Kier molecular flexibility index (Phi) is 3.95. The number of alkyl halides is 3. The maximum Gasteiger partial charge on any atom is 0.501 e. The van der Waals surface area contributed by atoms with Gasteiger partial charge >= 0.3 is 5.51 Å². The molecule has 2 aromatic rings. The van der Waals surface area contributed by atoms with Gasteiger partial charge in [-0.3, -0.25) is 0 Å². The summed E-state index contributed by atoms with van der Waals surface area (Å²) in [5.74, 6) is 0.132. The molecule has 0 unspecified atom stereocenters.